The Kier molecular flexibility index (Phi) is 7.29. The van der Waals surface area contributed by atoms with Crippen molar-refractivity contribution >= 4 is 28.4 Å². The van der Waals surface area contributed by atoms with Crippen molar-refractivity contribution in [3.05, 3.63) is 60.3 Å². The molecule has 2 aromatic heterocycles. The number of hydrogen-bond donors (Lipinski definition) is 4. The Morgan fingerprint density at radius 2 is 1.92 bits per heavy atom. The van der Waals surface area contributed by atoms with Crippen LogP contribution < -0.4 is 26.2 Å². The van der Waals surface area contributed by atoms with Crippen molar-refractivity contribution in [1.29, 1.82) is 0 Å². The van der Waals surface area contributed by atoms with Crippen molar-refractivity contribution in [3.63, 3.8) is 0 Å². The predicted molar refractivity (Wildman–Crippen MR) is 144 cm³/mol. The van der Waals surface area contributed by atoms with Crippen LogP contribution in [0.3, 0.4) is 0 Å². The second kappa shape index (κ2) is 10.9. The van der Waals surface area contributed by atoms with Gasteiger partial charge in [-0.2, -0.15) is 5.10 Å². The lowest BCUT2D eigenvalue weighted by atomic mass is 10.0. The Morgan fingerprint density at radius 1 is 1.14 bits per heavy atom. The van der Waals surface area contributed by atoms with Crippen LogP contribution in [0.25, 0.3) is 22.4 Å². The van der Waals surface area contributed by atoms with E-state index in [0.717, 1.165) is 29.7 Å². The molecule has 1 fully saturated rings. The molecular formula is C27H32N8O2. The van der Waals surface area contributed by atoms with Gasteiger partial charge in [0.15, 0.2) is 18.1 Å². The summed E-state index contributed by atoms with van der Waals surface area (Å²) in [6.45, 7) is 6.51. The molecule has 5 rings (SSSR count). The summed E-state index contributed by atoms with van der Waals surface area (Å²) in [5, 5.41) is 11.5. The summed E-state index contributed by atoms with van der Waals surface area (Å²) in [6, 6.07) is 15.9. The minimum Gasteiger partial charge on any atom is -0.484 e. The number of aromatic nitrogens is 4. The molecule has 10 nitrogen and oxygen atoms in total. The first-order valence-electron chi connectivity index (χ1n) is 12.5. The van der Waals surface area contributed by atoms with Crippen LogP contribution in [0.4, 0.5) is 11.5 Å². The van der Waals surface area contributed by atoms with Crippen LogP contribution in [0, 0.1) is 5.92 Å². The summed E-state index contributed by atoms with van der Waals surface area (Å²) in [7, 11) is 1.86. The van der Waals surface area contributed by atoms with E-state index in [2.05, 4.69) is 50.8 Å². The molecule has 1 aliphatic rings. The number of carbonyl (C=O) groups excluding carboxylic acids is 1. The normalized spacial score (nSPS) is 13.8. The van der Waals surface area contributed by atoms with Gasteiger partial charge in [-0.1, -0.05) is 38.1 Å². The van der Waals surface area contributed by atoms with E-state index in [0.29, 0.717) is 41.4 Å². The van der Waals surface area contributed by atoms with Crippen LogP contribution >= 0.6 is 0 Å². The Hall–Kier alpha value is -4.02. The number of aryl methyl sites for hydroxylation is 1. The van der Waals surface area contributed by atoms with Gasteiger partial charge in [0.1, 0.15) is 11.6 Å². The lowest BCUT2D eigenvalue weighted by Crippen LogP contribution is -2.31. The smallest absolute Gasteiger partial charge is 0.257 e. The van der Waals surface area contributed by atoms with Gasteiger partial charge in [-0.25, -0.2) is 9.97 Å². The molecule has 4 N–H and O–H groups in total. The van der Waals surface area contributed by atoms with Gasteiger partial charge >= 0.3 is 0 Å². The molecule has 0 spiro atoms. The molecule has 1 aliphatic heterocycles. The van der Waals surface area contributed by atoms with E-state index in [9.17, 15) is 4.79 Å². The molecular weight excluding hydrogens is 468 g/mol. The molecule has 0 aliphatic carbocycles. The standard InChI is InChI=1S/C27H32N8O2/c1-17(2)12-28-24(36)16-37-22-6-4-5-19(11-22)25-33-26(23-15-31-35(3)27(23)34-25)32-21-9-7-18(8-10-21)20-13-29-30-14-20/h4-11,15,17,20,29-30H,12-14,16H2,1-3H3,(H,28,36)(H,32,33,34). The van der Waals surface area contributed by atoms with Gasteiger partial charge in [-0.05, 0) is 35.7 Å². The molecule has 1 amide bonds. The number of amides is 1. The lowest BCUT2D eigenvalue weighted by molar-refractivity contribution is -0.123. The maximum Gasteiger partial charge on any atom is 0.257 e. The van der Waals surface area contributed by atoms with Gasteiger partial charge in [0.05, 0.1) is 11.6 Å². The van der Waals surface area contributed by atoms with E-state index in [4.69, 9.17) is 14.7 Å². The van der Waals surface area contributed by atoms with Gasteiger partial charge in [0, 0.05) is 43.9 Å². The zero-order valence-electron chi connectivity index (χ0n) is 21.3. The number of fused-ring (bicyclic) bond motifs is 1. The number of carbonyl (C=O) groups is 1. The van der Waals surface area contributed by atoms with Gasteiger partial charge in [-0.15, -0.1) is 0 Å². The largest absolute Gasteiger partial charge is 0.484 e. The first-order valence-corrected chi connectivity index (χ1v) is 12.5. The number of nitrogens with zero attached hydrogens (tertiary/aromatic N) is 4. The minimum atomic E-state index is -0.149. The topological polar surface area (TPSA) is 118 Å². The van der Waals surface area contributed by atoms with E-state index in [1.807, 2.05) is 45.2 Å². The average molecular weight is 501 g/mol. The van der Waals surface area contributed by atoms with Crippen LogP contribution in [0.1, 0.15) is 25.3 Å². The van der Waals surface area contributed by atoms with E-state index < -0.39 is 0 Å². The number of ether oxygens (including phenoxy) is 1. The monoisotopic (exact) mass is 500 g/mol. The molecule has 0 bridgehead atoms. The fourth-order valence-electron chi connectivity index (χ4n) is 4.16. The van der Waals surface area contributed by atoms with Gasteiger partial charge in [-0.3, -0.25) is 20.3 Å². The van der Waals surface area contributed by atoms with Crippen LogP contribution in [-0.2, 0) is 11.8 Å². The van der Waals surface area contributed by atoms with E-state index >= 15 is 0 Å². The molecule has 0 unspecified atom stereocenters. The second-order valence-corrected chi connectivity index (χ2v) is 9.62. The van der Waals surface area contributed by atoms with Crippen LogP contribution in [0.15, 0.2) is 54.7 Å². The van der Waals surface area contributed by atoms with Gasteiger partial charge < -0.3 is 15.4 Å². The summed E-state index contributed by atoms with van der Waals surface area (Å²) >= 11 is 0. The van der Waals surface area contributed by atoms with Crippen molar-refractivity contribution in [2.75, 3.05) is 31.6 Å². The second-order valence-electron chi connectivity index (χ2n) is 9.62. The van der Waals surface area contributed by atoms with Gasteiger partial charge in [0.2, 0.25) is 0 Å². The number of nitrogens with one attached hydrogen (secondary N) is 4. The van der Waals surface area contributed by atoms with E-state index in [-0.39, 0.29) is 12.5 Å². The molecule has 192 valence electrons. The summed E-state index contributed by atoms with van der Waals surface area (Å²) < 4.78 is 7.46. The van der Waals surface area contributed by atoms with Gasteiger partial charge in [0.25, 0.3) is 5.91 Å². The number of anilines is 2. The third-order valence-corrected chi connectivity index (χ3v) is 6.23. The van der Waals surface area contributed by atoms with Crippen LogP contribution in [0.2, 0.25) is 0 Å². The number of hydrogen-bond acceptors (Lipinski definition) is 8. The highest BCUT2D eigenvalue weighted by molar-refractivity contribution is 5.90. The highest BCUT2D eigenvalue weighted by Crippen LogP contribution is 2.29. The van der Waals surface area contributed by atoms with Crippen molar-refractivity contribution in [3.8, 4) is 17.1 Å². The zero-order chi connectivity index (χ0) is 25.8. The number of hydrazine groups is 1. The fourth-order valence-corrected chi connectivity index (χ4v) is 4.16. The summed E-state index contributed by atoms with van der Waals surface area (Å²) in [5.41, 5.74) is 10.1. The maximum absolute atomic E-state index is 12.1. The zero-order valence-corrected chi connectivity index (χ0v) is 21.3. The number of benzene rings is 2. The Morgan fingerprint density at radius 3 is 2.68 bits per heavy atom. The third kappa shape index (κ3) is 5.87. The summed E-state index contributed by atoms with van der Waals surface area (Å²) in [6.07, 6.45) is 1.76. The van der Waals surface area contributed by atoms with Crippen molar-refractivity contribution < 1.29 is 9.53 Å². The maximum atomic E-state index is 12.1. The molecule has 10 heteroatoms. The fraction of sp³-hybridized carbons (Fsp3) is 0.333. The molecule has 0 saturated carbocycles. The van der Waals surface area contributed by atoms with Crippen molar-refractivity contribution in [1.82, 2.24) is 35.9 Å². The Balaban J connectivity index is 1.37. The first-order chi connectivity index (χ1) is 18.0. The molecule has 0 radical (unpaired) electrons. The van der Waals surface area contributed by atoms with E-state index in [1.165, 1.54) is 5.56 Å². The molecule has 1 saturated heterocycles. The van der Waals surface area contributed by atoms with Crippen LogP contribution in [-0.4, -0.2) is 51.9 Å². The third-order valence-electron chi connectivity index (χ3n) is 6.23. The predicted octanol–water partition coefficient (Wildman–Crippen LogP) is 3.12. The lowest BCUT2D eigenvalue weighted by Gasteiger charge is -2.12. The highest BCUT2D eigenvalue weighted by atomic mass is 16.5. The average Bonchev–Trinajstić information content (AvgIpc) is 3.57. The first kappa shape index (κ1) is 24.7. The van der Waals surface area contributed by atoms with Crippen molar-refractivity contribution in [2.45, 2.75) is 19.8 Å². The summed E-state index contributed by atoms with van der Waals surface area (Å²) in [5.74, 6) is 2.48. The molecule has 2 aromatic carbocycles. The highest BCUT2D eigenvalue weighted by Gasteiger charge is 2.17. The Labute approximate surface area is 215 Å². The molecule has 0 atom stereocenters. The minimum absolute atomic E-state index is 0.0480. The summed E-state index contributed by atoms with van der Waals surface area (Å²) in [4.78, 5) is 21.7. The molecule has 4 aromatic rings. The SMILES string of the molecule is CC(C)CNC(=O)COc1cccc(-c2nc(Nc3ccc(C4CNNC4)cc3)c3cnn(C)c3n2)c1. The number of rotatable bonds is 9. The Bertz CT molecular complexity index is 1380. The van der Waals surface area contributed by atoms with E-state index in [1.54, 1.807) is 10.9 Å². The van der Waals surface area contributed by atoms with Crippen molar-refractivity contribution in [2.24, 2.45) is 13.0 Å². The molecule has 3 heterocycles. The quantitative estimate of drug-likeness (QED) is 0.277. The van der Waals surface area contributed by atoms with Crippen LogP contribution in [0.5, 0.6) is 5.75 Å². The molecule has 37 heavy (non-hydrogen) atoms.